The van der Waals surface area contributed by atoms with Crippen LogP contribution in [0.5, 0.6) is 5.88 Å². The van der Waals surface area contributed by atoms with Crippen LogP contribution in [0.3, 0.4) is 0 Å². The molecule has 1 rings (SSSR count). The first kappa shape index (κ1) is 10.3. The number of anilines is 1. The van der Waals surface area contributed by atoms with Gasteiger partial charge in [-0.2, -0.15) is 0 Å². The van der Waals surface area contributed by atoms with Crippen molar-refractivity contribution in [3.63, 3.8) is 0 Å². The average molecular weight is 191 g/mol. The maximum Gasteiger partial charge on any atom is 0.218 e. The summed E-state index contributed by atoms with van der Waals surface area (Å²) in [5.74, 6) is 3.83. The van der Waals surface area contributed by atoms with Gasteiger partial charge < -0.3 is 10.1 Å². The summed E-state index contributed by atoms with van der Waals surface area (Å²) in [5, 5.41) is 3.09. The Labute approximate surface area is 83.7 Å². The second-order valence-corrected chi connectivity index (χ2v) is 2.72. The first-order valence-electron chi connectivity index (χ1n) is 4.38. The van der Waals surface area contributed by atoms with Crippen LogP contribution in [-0.2, 0) is 0 Å². The van der Waals surface area contributed by atoms with Gasteiger partial charge in [-0.1, -0.05) is 12.8 Å². The summed E-state index contributed by atoms with van der Waals surface area (Å²) in [6.45, 7) is 2.01. The Morgan fingerprint density at radius 2 is 2.43 bits per heavy atom. The summed E-state index contributed by atoms with van der Waals surface area (Å²) in [7, 11) is 1.56. The molecule has 0 aliphatic rings. The Balaban J connectivity index is 2.71. The number of methoxy groups -OCH3 is 1. The van der Waals surface area contributed by atoms with E-state index in [1.807, 2.05) is 6.92 Å². The summed E-state index contributed by atoms with van der Waals surface area (Å²) in [6.07, 6.45) is 7.60. The molecule has 74 valence electrons. The number of ether oxygens (including phenoxy) is 1. The van der Waals surface area contributed by atoms with Crippen LogP contribution in [0.25, 0.3) is 0 Å². The van der Waals surface area contributed by atoms with Crippen molar-refractivity contribution < 1.29 is 4.74 Å². The van der Waals surface area contributed by atoms with Crippen LogP contribution >= 0.6 is 0 Å². The fraction of sp³-hybridized carbons (Fsp3) is 0.400. The van der Waals surface area contributed by atoms with Crippen molar-refractivity contribution in [3.8, 4) is 18.2 Å². The Hall–Kier alpha value is -1.76. The number of terminal acetylenes is 1. The number of aromatic nitrogens is 2. The van der Waals surface area contributed by atoms with E-state index >= 15 is 0 Å². The SMILES string of the molecule is C#CC(CC)Nc1cc(OC)ncn1. The van der Waals surface area contributed by atoms with Gasteiger partial charge >= 0.3 is 0 Å². The Morgan fingerprint density at radius 3 is 3.00 bits per heavy atom. The van der Waals surface area contributed by atoms with Gasteiger partial charge in [-0.15, -0.1) is 6.42 Å². The van der Waals surface area contributed by atoms with Crippen molar-refractivity contribution in [3.05, 3.63) is 12.4 Å². The van der Waals surface area contributed by atoms with E-state index in [9.17, 15) is 0 Å². The van der Waals surface area contributed by atoms with E-state index in [0.29, 0.717) is 11.7 Å². The molecule has 0 fully saturated rings. The van der Waals surface area contributed by atoms with Crippen molar-refractivity contribution in [2.45, 2.75) is 19.4 Å². The summed E-state index contributed by atoms with van der Waals surface area (Å²) in [6, 6.07) is 1.70. The molecule has 0 aliphatic carbocycles. The first-order valence-corrected chi connectivity index (χ1v) is 4.38. The monoisotopic (exact) mass is 191 g/mol. The number of nitrogens with zero attached hydrogens (tertiary/aromatic N) is 2. The zero-order valence-corrected chi connectivity index (χ0v) is 8.32. The standard InChI is InChI=1S/C10H13N3O/c1-4-8(5-2)13-9-6-10(14-3)12-7-11-9/h1,6-8H,5H2,2-3H3,(H,11,12,13). The molecule has 0 bridgehead atoms. The zero-order valence-electron chi connectivity index (χ0n) is 8.32. The third-order valence-corrected chi connectivity index (χ3v) is 1.78. The van der Waals surface area contributed by atoms with Crippen molar-refractivity contribution in [1.82, 2.24) is 9.97 Å². The molecule has 0 saturated carbocycles. The number of hydrogen-bond donors (Lipinski definition) is 1. The minimum absolute atomic E-state index is 0.00499. The smallest absolute Gasteiger partial charge is 0.218 e. The van der Waals surface area contributed by atoms with Crippen LogP contribution in [0.2, 0.25) is 0 Å². The van der Waals surface area contributed by atoms with Crippen LogP contribution in [-0.4, -0.2) is 23.1 Å². The lowest BCUT2D eigenvalue weighted by molar-refractivity contribution is 0.397. The lowest BCUT2D eigenvalue weighted by Crippen LogP contribution is -2.16. The van der Waals surface area contributed by atoms with Gasteiger partial charge in [0.2, 0.25) is 5.88 Å². The van der Waals surface area contributed by atoms with Gasteiger partial charge in [0.25, 0.3) is 0 Å². The largest absolute Gasteiger partial charge is 0.481 e. The van der Waals surface area contributed by atoms with Gasteiger partial charge in [-0.25, -0.2) is 9.97 Å². The highest BCUT2D eigenvalue weighted by molar-refractivity contribution is 5.39. The molecule has 1 N–H and O–H groups in total. The molecule has 0 saturated heterocycles. The lowest BCUT2D eigenvalue weighted by Gasteiger charge is -2.11. The summed E-state index contributed by atoms with van der Waals surface area (Å²) >= 11 is 0. The van der Waals surface area contributed by atoms with Crippen LogP contribution in [0.15, 0.2) is 12.4 Å². The molecule has 0 amide bonds. The van der Waals surface area contributed by atoms with Crippen molar-refractivity contribution >= 4 is 5.82 Å². The average Bonchev–Trinajstić information content (AvgIpc) is 2.26. The van der Waals surface area contributed by atoms with E-state index in [4.69, 9.17) is 11.2 Å². The quantitative estimate of drug-likeness (QED) is 0.729. The van der Waals surface area contributed by atoms with Gasteiger partial charge in [-0.3, -0.25) is 0 Å². The van der Waals surface area contributed by atoms with Gasteiger partial charge in [0, 0.05) is 6.07 Å². The third kappa shape index (κ3) is 2.63. The van der Waals surface area contributed by atoms with Crippen LogP contribution in [0.1, 0.15) is 13.3 Å². The number of hydrogen-bond acceptors (Lipinski definition) is 4. The van der Waals surface area contributed by atoms with Gasteiger partial charge in [0.05, 0.1) is 13.2 Å². The van der Waals surface area contributed by atoms with Crippen molar-refractivity contribution in [2.75, 3.05) is 12.4 Å². The molecule has 14 heavy (non-hydrogen) atoms. The van der Waals surface area contributed by atoms with E-state index in [1.54, 1.807) is 13.2 Å². The first-order chi connectivity index (χ1) is 6.80. The summed E-state index contributed by atoms with van der Waals surface area (Å²) in [4.78, 5) is 7.92. The van der Waals surface area contributed by atoms with Gasteiger partial charge in [0.1, 0.15) is 12.1 Å². The maximum atomic E-state index is 5.31. The maximum absolute atomic E-state index is 5.31. The number of nitrogens with one attached hydrogen (secondary N) is 1. The lowest BCUT2D eigenvalue weighted by atomic mass is 10.2. The Morgan fingerprint density at radius 1 is 1.64 bits per heavy atom. The van der Waals surface area contributed by atoms with Crippen LogP contribution in [0, 0.1) is 12.3 Å². The molecule has 1 aromatic rings. The van der Waals surface area contributed by atoms with E-state index < -0.39 is 0 Å². The summed E-state index contributed by atoms with van der Waals surface area (Å²) in [5.41, 5.74) is 0. The van der Waals surface area contributed by atoms with Crippen molar-refractivity contribution in [1.29, 1.82) is 0 Å². The topological polar surface area (TPSA) is 47.0 Å². The summed E-state index contributed by atoms with van der Waals surface area (Å²) < 4.78 is 4.96. The highest BCUT2D eigenvalue weighted by atomic mass is 16.5. The fourth-order valence-electron chi connectivity index (χ4n) is 0.970. The number of rotatable bonds is 4. The second-order valence-electron chi connectivity index (χ2n) is 2.72. The highest BCUT2D eigenvalue weighted by Crippen LogP contribution is 2.11. The zero-order chi connectivity index (χ0) is 10.4. The van der Waals surface area contributed by atoms with E-state index in [0.717, 1.165) is 6.42 Å². The molecule has 4 heteroatoms. The fourth-order valence-corrected chi connectivity index (χ4v) is 0.970. The van der Waals surface area contributed by atoms with E-state index in [-0.39, 0.29) is 6.04 Å². The Bertz CT molecular complexity index is 332. The molecule has 4 nitrogen and oxygen atoms in total. The Kier molecular flexibility index (Phi) is 3.74. The third-order valence-electron chi connectivity index (χ3n) is 1.78. The molecular formula is C10H13N3O. The van der Waals surface area contributed by atoms with Gasteiger partial charge in [0.15, 0.2) is 0 Å². The minimum Gasteiger partial charge on any atom is -0.481 e. The van der Waals surface area contributed by atoms with Gasteiger partial charge in [-0.05, 0) is 6.42 Å². The van der Waals surface area contributed by atoms with Crippen LogP contribution in [0.4, 0.5) is 5.82 Å². The molecule has 1 heterocycles. The van der Waals surface area contributed by atoms with E-state index in [1.165, 1.54) is 6.33 Å². The second kappa shape index (κ2) is 5.07. The molecule has 0 spiro atoms. The normalized spacial score (nSPS) is 11.5. The predicted octanol–water partition coefficient (Wildman–Crippen LogP) is 1.31. The molecule has 0 aromatic carbocycles. The molecular weight excluding hydrogens is 178 g/mol. The highest BCUT2D eigenvalue weighted by Gasteiger charge is 2.03. The minimum atomic E-state index is -0.00499. The molecule has 0 radical (unpaired) electrons. The van der Waals surface area contributed by atoms with Crippen LogP contribution < -0.4 is 10.1 Å². The molecule has 1 unspecified atom stereocenters. The molecule has 1 aromatic heterocycles. The molecule has 0 aliphatic heterocycles. The molecule has 1 atom stereocenters. The van der Waals surface area contributed by atoms with Crippen molar-refractivity contribution in [2.24, 2.45) is 0 Å². The van der Waals surface area contributed by atoms with E-state index in [2.05, 4.69) is 21.2 Å². The predicted molar refractivity (Wildman–Crippen MR) is 55.1 cm³/mol.